The van der Waals surface area contributed by atoms with E-state index < -0.39 is 5.97 Å². The van der Waals surface area contributed by atoms with Crippen LogP contribution in [0.1, 0.15) is 20.1 Å². The smallest absolute Gasteiger partial charge is 0.335 e. The van der Waals surface area contributed by atoms with E-state index in [-0.39, 0.29) is 23.9 Å². The van der Waals surface area contributed by atoms with Crippen LogP contribution in [0.5, 0.6) is 0 Å². The van der Waals surface area contributed by atoms with Crippen molar-refractivity contribution >= 4 is 57.9 Å². The fourth-order valence-corrected chi connectivity index (χ4v) is 4.61. The van der Waals surface area contributed by atoms with Crippen molar-refractivity contribution in [1.82, 2.24) is 0 Å². The summed E-state index contributed by atoms with van der Waals surface area (Å²) in [5.74, 6) is -1.64. The fourth-order valence-electron chi connectivity index (χ4n) is 3.29. The van der Waals surface area contributed by atoms with Gasteiger partial charge >= 0.3 is 5.97 Å². The number of fused-ring (bicyclic) bond motifs is 1. The predicted octanol–water partition coefficient (Wildman–Crippen LogP) is 4.14. The number of carboxylic acids is 1. The summed E-state index contributed by atoms with van der Waals surface area (Å²) in [6.07, 6.45) is 3.80. The van der Waals surface area contributed by atoms with Gasteiger partial charge in [-0.3, -0.25) is 14.5 Å². The normalized spacial score (nSPS) is 13.7. The maximum atomic E-state index is 12.9. The lowest BCUT2D eigenvalue weighted by Crippen LogP contribution is -2.48. The van der Waals surface area contributed by atoms with Crippen molar-refractivity contribution in [2.45, 2.75) is 6.42 Å². The van der Waals surface area contributed by atoms with Crippen LogP contribution in [0.2, 0.25) is 0 Å². The van der Waals surface area contributed by atoms with Crippen molar-refractivity contribution in [2.24, 2.45) is 0 Å². The highest BCUT2D eigenvalue weighted by Crippen LogP contribution is 2.35. The fraction of sp³-hybridized carbons (Fsp3) is 0.136. The number of nitrogens with zero attached hydrogens (tertiary/aromatic N) is 2. The molecule has 0 radical (unpaired) electrons. The van der Waals surface area contributed by atoms with Crippen molar-refractivity contribution in [3.63, 3.8) is 0 Å². The molecule has 0 fully saturated rings. The lowest BCUT2D eigenvalue weighted by atomic mass is 10.1. The van der Waals surface area contributed by atoms with Gasteiger partial charge in [0, 0.05) is 22.4 Å². The molecular weight excluding hydrogens is 420 g/mol. The molecule has 0 spiro atoms. The van der Waals surface area contributed by atoms with Crippen molar-refractivity contribution in [1.29, 1.82) is 0 Å². The van der Waals surface area contributed by atoms with Gasteiger partial charge < -0.3 is 10.0 Å². The number of benzene rings is 1. The van der Waals surface area contributed by atoms with E-state index in [1.807, 2.05) is 35.0 Å². The third-order valence-electron chi connectivity index (χ3n) is 4.76. The van der Waals surface area contributed by atoms with Gasteiger partial charge in [0.15, 0.2) is 0 Å². The maximum Gasteiger partial charge on any atom is 0.335 e. The minimum atomic E-state index is -1.08. The first-order chi connectivity index (χ1) is 14.5. The van der Waals surface area contributed by atoms with Crippen molar-refractivity contribution in [3.8, 4) is 0 Å². The molecule has 1 aliphatic rings. The zero-order valence-corrected chi connectivity index (χ0v) is 17.5. The summed E-state index contributed by atoms with van der Waals surface area (Å²) in [4.78, 5) is 42.3. The van der Waals surface area contributed by atoms with Gasteiger partial charge in [0.05, 0.1) is 16.9 Å². The van der Waals surface area contributed by atoms with Gasteiger partial charge in [0.25, 0.3) is 5.91 Å². The number of amides is 2. The molecule has 4 rings (SSSR count). The number of rotatable bonds is 6. The molecule has 152 valence electrons. The van der Waals surface area contributed by atoms with Gasteiger partial charge in [0.2, 0.25) is 5.91 Å². The molecule has 0 atom stereocenters. The monoisotopic (exact) mass is 438 g/mol. The lowest BCUT2D eigenvalue weighted by molar-refractivity contribution is -0.120. The highest BCUT2D eigenvalue weighted by molar-refractivity contribution is 7.10. The van der Waals surface area contributed by atoms with Gasteiger partial charge in [0.1, 0.15) is 6.54 Å². The molecule has 0 bridgehead atoms. The Balaban J connectivity index is 1.65. The number of carboxylic acid groups (broad SMARTS) is 1. The highest BCUT2D eigenvalue weighted by Gasteiger charge is 2.32. The van der Waals surface area contributed by atoms with E-state index in [1.165, 1.54) is 34.4 Å². The molecule has 30 heavy (non-hydrogen) atoms. The zero-order valence-electron chi connectivity index (χ0n) is 15.9. The number of carbonyl (C=O) groups is 3. The summed E-state index contributed by atoms with van der Waals surface area (Å²) in [6, 6.07) is 12.3. The Bertz CT molecular complexity index is 1100. The second-order valence-corrected chi connectivity index (χ2v) is 8.67. The van der Waals surface area contributed by atoms with Gasteiger partial charge in [-0.1, -0.05) is 12.1 Å². The molecule has 1 aliphatic heterocycles. The third-order valence-corrected chi connectivity index (χ3v) is 6.53. The van der Waals surface area contributed by atoms with E-state index in [9.17, 15) is 19.5 Å². The Labute approximate surface area is 181 Å². The van der Waals surface area contributed by atoms with Crippen LogP contribution >= 0.6 is 22.7 Å². The van der Waals surface area contributed by atoms with Crippen molar-refractivity contribution < 1.29 is 19.5 Å². The first-order valence-electron chi connectivity index (χ1n) is 9.26. The van der Waals surface area contributed by atoms with Gasteiger partial charge in [-0.2, -0.15) is 0 Å². The van der Waals surface area contributed by atoms with E-state index in [1.54, 1.807) is 28.4 Å². The molecule has 0 saturated carbocycles. The third kappa shape index (κ3) is 4.19. The Morgan fingerprint density at radius 1 is 1.07 bits per heavy atom. The summed E-state index contributed by atoms with van der Waals surface area (Å²) in [5.41, 5.74) is 1.05. The standard InChI is InChI=1S/C22H18N2O4S2/c25-20(8-6-16-3-1-11-29-16)24-14-21(26)23(10-9-17-4-2-12-30-17)18-7-5-15(22(27)28)13-19(18)24/h1-8,11-13H,9-10,14H2,(H,27,28)/b8-6+. The summed E-state index contributed by atoms with van der Waals surface area (Å²) >= 11 is 3.12. The second kappa shape index (κ2) is 8.64. The first-order valence-corrected chi connectivity index (χ1v) is 11.0. The number of anilines is 2. The van der Waals surface area contributed by atoms with Gasteiger partial charge in [-0.05, 0) is 53.6 Å². The number of thiophene rings is 2. The quantitative estimate of drug-likeness (QED) is 0.587. The molecule has 3 aromatic rings. The van der Waals surface area contributed by atoms with Crippen LogP contribution in [0.3, 0.4) is 0 Å². The summed E-state index contributed by atoms with van der Waals surface area (Å²) in [5, 5.41) is 13.3. The van der Waals surface area contributed by atoms with Crippen LogP contribution in [0.15, 0.2) is 59.3 Å². The molecule has 6 nitrogen and oxygen atoms in total. The van der Waals surface area contributed by atoms with Crippen molar-refractivity contribution in [2.75, 3.05) is 22.9 Å². The minimum Gasteiger partial charge on any atom is -0.478 e. The largest absolute Gasteiger partial charge is 0.478 e. The molecule has 8 heteroatoms. The van der Waals surface area contributed by atoms with Crippen LogP contribution in [0, 0.1) is 0 Å². The van der Waals surface area contributed by atoms with E-state index in [2.05, 4.69) is 0 Å². The molecule has 1 aromatic carbocycles. The molecule has 0 saturated heterocycles. The summed E-state index contributed by atoms with van der Waals surface area (Å²) in [7, 11) is 0. The molecule has 0 aliphatic carbocycles. The zero-order chi connectivity index (χ0) is 21.1. The van der Waals surface area contributed by atoms with E-state index in [0.717, 1.165) is 9.75 Å². The minimum absolute atomic E-state index is 0.0707. The average molecular weight is 439 g/mol. The number of aromatic carboxylic acids is 1. The Hall–Kier alpha value is -3.23. The summed E-state index contributed by atoms with van der Waals surface area (Å²) in [6.45, 7) is 0.333. The molecule has 0 unspecified atom stereocenters. The molecular formula is C22H18N2O4S2. The Morgan fingerprint density at radius 2 is 1.87 bits per heavy atom. The van der Waals surface area contributed by atoms with Gasteiger partial charge in [-0.15, -0.1) is 22.7 Å². The average Bonchev–Trinajstić information content (AvgIpc) is 3.44. The van der Waals surface area contributed by atoms with Crippen LogP contribution < -0.4 is 9.80 Å². The first kappa shape index (κ1) is 20.1. The maximum absolute atomic E-state index is 12.9. The highest BCUT2D eigenvalue weighted by atomic mass is 32.1. The van der Waals surface area contributed by atoms with Gasteiger partial charge in [-0.25, -0.2) is 4.79 Å². The number of hydrogen-bond acceptors (Lipinski definition) is 5. The van der Waals surface area contributed by atoms with Crippen LogP contribution in [0.25, 0.3) is 6.08 Å². The Morgan fingerprint density at radius 3 is 2.57 bits per heavy atom. The van der Waals surface area contributed by atoms with Crippen LogP contribution in [-0.2, 0) is 16.0 Å². The molecule has 3 heterocycles. The Kier molecular flexibility index (Phi) is 5.78. The van der Waals surface area contributed by atoms with Crippen molar-refractivity contribution in [3.05, 3.63) is 74.6 Å². The van der Waals surface area contributed by atoms with Crippen LogP contribution in [-0.4, -0.2) is 36.0 Å². The molecule has 2 amide bonds. The number of hydrogen-bond donors (Lipinski definition) is 1. The topological polar surface area (TPSA) is 77.9 Å². The predicted molar refractivity (Wildman–Crippen MR) is 119 cm³/mol. The number of carbonyl (C=O) groups excluding carboxylic acids is 2. The van der Waals surface area contributed by atoms with E-state index in [4.69, 9.17) is 0 Å². The van der Waals surface area contributed by atoms with E-state index >= 15 is 0 Å². The lowest BCUT2D eigenvalue weighted by Gasteiger charge is -2.36. The van der Waals surface area contributed by atoms with E-state index in [0.29, 0.717) is 24.3 Å². The molecule has 2 aromatic heterocycles. The summed E-state index contributed by atoms with van der Waals surface area (Å²) < 4.78 is 0. The van der Waals surface area contributed by atoms with Crippen LogP contribution in [0.4, 0.5) is 11.4 Å². The SMILES string of the molecule is O=C(O)c1ccc2c(c1)N(C(=O)/C=C/c1cccs1)CC(=O)N2CCc1cccs1. The second-order valence-electron chi connectivity index (χ2n) is 6.66. The molecule has 1 N–H and O–H groups in total.